The van der Waals surface area contributed by atoms with Gasteiger partial charge in [0, 0.05) is 69.9 Å². The van der Waals surface area contributed by atoms with Crippen molar-refractivity contribution in [2.75, 3.05) is 38.1 Å². The monoisotopic (exact) mass is 707 g/mol. The first-order valence-electron chi connectivity index (χ1n) is 15.8. The lowest BCUT2D eigenvalue weighted by Gasteiger charge is -2.34. The minimum atomic E-state index is -4.50. The average Bonchev–Trinajstić information content (AvgIpc) is 3.61. The molecule has 0 saturated carbocycles. The van der Waals surface area contributed by atoms with Crippen LogP contribution in [0.15, 0.2) is 85.1 Å². The van der Waals surface area contributed by atoms with E-state index in [1.807, 2.05) is 12.1 Å². The molecule has 1 fully saturated rings. The zero-order chi connectivity index (χ0) is 36.1. The van der Waals surface area contributed by atoms with Crippen LogP contribution in [0.4, 0.5) is 27.6 Å². The fraction of sp³-hybridized carbons (Fsp3) is 0.250. The van der Waals surface area contributed by atoms with Crippen LogP contribution in [0.2, 0.25) is 0 Å². The normalized spacial score (nSPS) is 15.6. The van der Waals surface area contributed by atoms with Gasteiger partial charge in [-0.15, -0.1) is 8.78 Å². The number of hydrogen-bond donors (Lipinski definition) is 0. The Morgan fingerprint density at radius 3 is 2.31 bits per heavy atom. The lowest BCUT2D eigenvalue weighted by molar-refractivity contribution is -0.286. The van der Waals surface area contributed by atoms with Crippen LogP contribution in [-0.2, 0) is 19.8 Å². The van der Waals surface area contributed by atoms with E-state index in [0.29, 0.717) is 49.9 Å². The van der Waals surface area contributed by atoms with Crippen molar-refractivity contribution in [3.63, 3.8) is 0 Å². The van der Waals surface area contributed by atoms with Gasteiger partial charge in [0.15, 0.2) is 11.5 Å². The minimum Gasteiger partial charge on any atom is -0.439 e. The summed E-state index contributed by atoms with van der Waals surface area (Å²) < 4.78 is 82.2. The number of piperazine rings is 1. The molecule has 0 aliphatic carbocycles. The van der Waals surface area contributed by atoms with Gasteiger partial charge in [0.2, 0.25) is 5.88 Å². The lowest BCUT2D eigenvalue weighted by Crippen LogP contribution is -2.48. The highest BCUT2D eigenvalue weighted by Gasteiger charge is 2.43. The number of aromatic nitrogens is 2. The zero-order valence-corrected chi connectivity index (χ0v) is 27.3. The number of rotatable bonds is 7. The number of hydrogen-bond acceptors (Lipinski definition) is 7. The number of nitrogens with zero attached hydrogens (tertiary/aromatic N) is 5. The molecule has 264 valence electrons. The molecule has 15 heteroatoms. The largest absolute Gasteiger partial charge is 0.586 e. The van der Waals surface area contributed by atoms with Crippen molar-refractivity contribution in [3.8, 4) is 23.1 Å². The summed E-state index contributed by atoms with van der Waals surface area (Å²) in [7, 11) is 3.30. The SMILES string of the molecule is CN(C(=O)c1ccc(C(F)(F)F)cc1)c1ccc(Oc2ccc3cc(C(=O)N4CCN(Cc5ccc6c(c5)OC(F)(F)O6)CC4)n(C)c3c2)nc1. The van der Waals surface area contributed by atoms with Gasteiger partial charge in [-0.05, 0) is 66.2 Å². The molecule has 4 heterocycles. The summed E-state index contributed by atoms with van der Waals surface area (Å²) in [5.41, 5.74) is 1.74. The summed E-state index contributed by atoms with van der Waals surface area (Å²) in [6.07, 6.45) is -6.74. The summed E-state index contributed by atoms with van der Waals surface area (Å²) in [6.45, 7) is 2.69. The van der Waals surface area contributed by atoms with Crippen LogP contribution in [0.25, 0.3) is 10.9 Å². The smallest absolute Gasteiger partial charge is 0.439 e. The number of aryl methyl sites for hydroxylation is 1. The molecular weight excluding hydrogens is 677 g/mol. The molecule has 5 aromatic rings. The zero-order valence-electron chi connectivity index (χ0n) is 27.3. The van der Waals surface area contributed by atoms with Crippen molar-refractivity contribution in [3.05, 3.63) is 107 Å². The third kappa shape index (κ3) is 7.01. The molecule has 0 unspecified atom stereocenters. The highest BCUT2D eigenvalue weighted by Crippen LogP contribution is 2.41. The summed E-state index contributed by atoms with van der Waals surface area (Å²) >= 11 is 0. The van der Waals surface area contributed by atoms with E-state index >= 15 is 0 Å². The summed E-state index contributed by atoms with van der Waals surface area (Å²) in [4.78, 5) is 35.9. The summed E-state index contributed by atoms with van der Waals surface area (Å²) in [6, 6.07) is 19.1. The number of pyridine rings is 1. The van der Waals surface area contributed by atoms with Crippen LogP contribution in [0.5, 0.6) is 23.1 Å². The molecule has 51 heavy (non-hydrogen) atoms. The van der Waals surface area contributed by atoms with Crippen molar-refractivity contribution in [2.24, 2.45) is 7.05 Å². The predicted molar refractivity (Wildman–Crippen MR) is 175 cm³/mol. The second-order valence-electron chi connectivity index (χ2n) is 12.2. The quantitative estimate of drug-likeness (QED) is 0.170. The third-order valence-electron chi connectivity index (χ3n) is 8.86. The second-order valence-corrected chi connectivity index (χ2v) is 12.2. The summed E-state index contributed by atoms with van der Waals surface area (Å²) in [5.74, 6) is 0.100. The number of amides is 2. The molecular formula is C36H30F5N5O5. The predicted octanol–water partition coefficient (Wildman–Crippen LogP) is 6.94. The first kappa shape index (κ1) is 33.8. The Morgan fingerprint density at radius 2 is 1.63 bits per heavy atom. The molecule has 0 bridgehead atoms. The number of carbonyl (C=O) groups excluding carboxylic acids is 2. The maximum Gasteiger partial charge on any atom is 0.586 e. The topological polar surface area (TPSA) is 89.4 Å². The molecule has 2 aliphatic rings. The Bertz CT molecular complexity index is 2110. The van der Waals surface area contributed by atoms with E-state index in [0.717, 1.165) is 40.7 Å². The highest BCUT2D eigenvalue weighted by atomic mass is 19.4. The molecule has 10 nitrogen and oxygen atoms in total. The Kier molecular flexibility index (Phi) is 8.53. The maximum atomic E-state index is 13.6. The van der Waals surface area contributed by atoms with Crippen LogP contribution in [-0.4, -0.2) is 70.7 Å². The van der Waals surface area contributed by atoms with Crippen LogP contribution in [0.3, 0.4) is 0 Å². The van der Waals surface area contributed by atoms with E-state index in [1.165, 1.54) is 24.2 Å². The Morgan fingerprint density at radius 1 is 0.902 bits per heavy atom. The molecule has 0 radical (unpaired) electrons. The maximum absolute atomic E-state index is 13.6. The van der Waals surface area contributed by atoms with Gasteiger partial charge < -0.3 is 28.6 Å². The van der Waals surface area contributed by atoms with Crippen LogP contribution >= 0.6 is 0 Å². The van der Waals surface area contributed by atoms with Crippen LogP contribution in [0, 0.1) is 0 Å². The molecule has 7 rings (SSSR count). The van der Waals surface area contributed by atoms with Crippen molar-refractivity contribution in [1.29, 1.82) is 0 Å². The van der Waals surface area contributed by atoms with Gasteiger partial charge in [-0.2, -0.15) is 13.2 Å². The van der Waals surface area contributed by atoms with E-state index in [1.54, 1.807) is 52.9 Å². The number of ether oxygens (including phenoxy) is 3. The van der Waals surface area contributed by atoms with Crippen molar-refractivity contribution in [2.45, 2.75) is 19.0 Å². The third-order valence-corrected chi connectivity index (χ3v) is 8.86. The van der Waals surface area contributed by atoms with Crippen LogP contribution in [0.1, 0.15) is 32.0 Å². The molecule has 1 saturated heterocycles. The number of anilines is 1. The van der Waals surface area contributed by atoms with E-state index in [2.05, 4.69) is 19.4 Å². The molecule has 2 amide bonds. The number of alkyl halides is 5. The van der Waals surface area contributed by atoms with Gasteiger partial charge in [0.25, 0.3) is 11.8 Å². The number of halogens is 5. The van der Waals surface area contributed by atoms with Gasteiger partial charge in [-0.3, -0.25) is 14.5 Å². The van der Waals surface area contributed by atoms with Gasteiger partial charge in [0.05, 0.1) is 23.0 Å². The molecule has 0 spiro atoms. The number of benzene rings is 3. The van der Waals surface area contributed by atoms with E-state index in [9.17, 15) is 31.5 Å². The van der Waals surface area contributed by atoms with E-state index in [4.69, 9.17) is 4.74 Å². The van der Waals surface area contributed by atoms with Gasteiger partial charge >= 0.3 is 12.5 Å². The fourth-order valence-electron chi connectivity index (χ4n) is 6.06. The van der Waals surface area contributed by atoms with Gasteiger partial charge in [-0.1, -0.05) is 6.07 Å². The minimum absolute atomic E-state index is 0.0000272. The molecule has 2 aromatic heterocycles. The molecule has 3 aromatic carbocycles. The Labute approximate surface area is 288 Å². The van der Waals surface area contributed by atoms with Crippen LogP contribution < -0.4 is 19.1 Å². The van der Waals surface area contributed by atoms with Gasteiger partial charge in [0.1, 0.15) is 11.4 Å². The summed E-state index contributed by atoms with van der Waals surface area (Å²) in [5, 5.41) is 0.840. The van der Waals surface area contributed by atoms with Crippen molar-refractivity contribution in [1.82, 2.24) is 19.4 Å². The fourth-order valence-corrected chi connectivity index (χ4v) is 6.06. The lowest BCUT2D eigenvalue weighted by atomic mass is 10.1. The second kappa shape index (κ2) is 12.9. The van der Waals surface area contributed by atoms with Gasteiger partial charge in [-0.25, -0.2) is 4.98 Å². The molecule has 2 aliphatic heterocycles. The first-order chi connectivity index (χ1) is 24.2. The number of fused-ring (bicyclic) bond motifs is 2. The Balaban J connectivity index is 0.961. The highest BCUT2D eigenvalue weighted by molar-refractivity contribution is 6.05. The average molecular weight is 708 g/mol. The standard InChI is InChI=1S/C36H30F5N5O5/c1-43(33(47)23-4-7-25(8-5-23)35(37,38)39)26-9-12-32(42-20-26)49-27-10-6-24-18-29(44(2)28(24)19-27)34(48)46-15-13-45(14-16-46)21-22-3-11-30-31(17-22)51-36(40,41)50-30/h3-12,17-20H,13-16,21H2,1-2H3. The van der Waals surface area contributed by atoms with Crippen molar-refractivity contribution >= 4 is 28.4 Å². The first-order valence-corrected chi connectivity index (χ1v) is 15.8. The Hall–Kier alpha value is -5.70. The van der Waals surface area contributed by atoms with E-state index in [-0.39, 0.29) is 28.8 Å². The van der Waals surface area contributed by atoms with Crippen molar-refractivity contribution < 1.29 is 45.8 Å². The molecule has 0 atom stereocenters. The molecule has 0 N–H and O–H groups in total. The van der Waals surface area contributed by atoms with E-state index < -0.39 is 23.9 Å². The number of carbonyl (C=O) groups is 2.